The van der Waals surface area contributed by atoms with Gasteiger partial charge in [0.1, 0.15) is 5.82 Å². The fraction of sp³-hybridized carbons (Fsp3) is 0.400. The van der Waals surface area contributed by atoms with Crippen molar-refractivity contribution >= 4 is 17.4 Å². The van der Waals surface area contributed by atoms with E-state index in [1.165, 1.54) is 0 Å². The number of benzene rings is 1. The Kier molecular flexibility index (Phi) is 2.67. The van der Waals surface area contributed by atoms with Crippen LogP contribution in [0.15, 0.2) is 30.3 Å². The van der Waals surface area contributed by atoms with E-state index in [9.17, 15) is 4.79 Å². The Labute approximate surface area is 121 Å². The molecule has 1 aliphatic carbocycles. The van der Waals surface area contributed by atoms with Crippen molar-refractivity contribution in [2.45, 2.75) is 30.7 Å². The number of aromatic nitrogens is 3. The Morgan fingerprint density at radius 3 is 2.70 bits per heavy atom. The summed E-state index contributed by atoms with van der Waals surface area (Å²) in [6, 6.07) is 10.2. The monoisotopic (exact) mass is 287 g/mol. The lowest BCUT2D eigenvalue weighted by Crippen LogP contribution is -2.10. The smallest absolute Gasteiger partial charge is 0.217 e. The lowest BCUT2D eigenvalue weighted by molar-refractivity contribution is 0.0957. The number of rotatable bonds is 3. The lowest BCUT2D eigenvalue weighted by atomic mass is 10.1. The summed E-state index contributed by atoms with van der Waals surface area (Å²) in [7, 11) is 0. The molecule has 102 valence electrons. The standard InChI is InChI=1S/C15H14ClN3O/c16-11-8-12(9-4-2-1-3-5-9)19-15(11)17-14(18-19)13(20)10-6-7-10/h1-5,10-12H,6-8H2. The Morgan fingerprint density at radius 1 is 1.25 bits per heavy atom. The second-order valence-corrected chi connectivity index (χ2v) is 6.03. The molecule has 2 unspecified atom stereocenters. The number of fused-ring (bicyclic) bond motifs is 1. The van der Waals surface area contributed by atoms with Crippen LogP contribution in [0.25, 0.3) is 0 Å². The molecule has 1 aliphatic heterocycles. The fourth-order valence-electron chi connectivity index (χ4n) is 2.76. The van der Waals surface area contributed by atoms with Crippen molar-refractivity contribution in [3.8, 4) is 0 Å². The van der Waals surface area contributed by atoms with Crippen LogP contribution in [0, 0.1) is 5.92 Å². The molecule has 1 fully saturated rings. The van der Waals surface area contributed by atoms with E-state index in [-0.39, 0.29) is 23.1 Å². The first-order chi connectivity index (χ1) is 9.74. The molecule has 0 spiro atoms. The summed E-state index contributed by atoms with van der Waals surface area (Å²) in [5.41, 5.74) is 1.16. The van der Waals surface area contributed by atoms with Gasteiger partial charge in [-0.1, -0.05) is 30.3 Å². The van der Waals surface area contributed by atoms with Gasteiger partial charge in [-0.2, -0.15) is 0 Å². The van der Waals surface area contributed by atoms with Crippen molar-refractivity contribution in [3.63, 3.8) is 0 Å². The van der Waals surface area contributed by atoms with Gasteiger partial charge >= 0.3 is 0 Å². The van der Waals surface area contributed by atoms with Gasteiger partial charge < -0.3 is 0 Å². The van der Waals surface area contributed by atoms with Gasteiger partial charge in [-0.25, -0.2) is 9.67 Å². The molecule has 0 radical (unpaired) electrons. The minimum Gasteiger partial charge on any atom is -0.290 e. The van der Waals surface area contributed by atoms with E-state index >= 15 is 0 Å². The Bertz CT molecular complexity index is 663. The average Bonchev–Trinajstić information content (AvgIpc) is 3.15. The maximum Gasteiger partial charge on any atom is 0.217 e. The van der Waals surface area contributed by atoms with E-state index in [0.717, 1.165) is 30.7 Å². The van der Waals surface area contributed by atoms with Crippen LogP contribution < -0.4 is 0 Å². The largest absolute Gasteiger partial charge is 0.290 e. The zero-order valence-corrected chi connectivity index (χ0v) is 11.6. The molecule has 2 atom stereocenters. The highest BCUT2D eigenvalue weighted by Gasteiger charge is 2.38. The molecule has 1 aromatic carbocycles. The highest BCUT2D eigenvalue weighted by molar-refractivity contribution is 6.20. The molecular weight excluding hydrogens is 274 g/mol. The highest BCUT2D eigenvalue weighted by Crippen LogP contribution is 2.41. The van der Waals surface area contributed by atoms with Crippen LogP contribution in [0.1, 0.15) is 52.7 Å². The average molecular weight is 288 g/mol. The number of ketones is 1. The summed E-state index contributed by atoms with van der Waals surface area (Å²) in [5, 5.41) is 4.26. The van der Waals surface area contributed by atoms with Gasteiger partial charge in [0.15, 0.2) is 0 Å². The van der Waals surface area contributed by atoms with Crippen molar-refractivity contribution in [1.82, 2.24) is 14.8 Å². The molecule has 20 heavy (non-hydrogen) atoms. The molecule has 1 aromatic heterocycles. The molecule has 4 rings (SSSR count). The van der Waals surface area contributed by atoms with E-state index in [1.807, 2.05) is 22.9 Å². The van der Waals surface area contributed by atoms with Gasteiger partial charge in [0.2, 0.25) is 11.6 Å². The van der Waals surface area contributed by atoms with Crippen LogP contribution in [0.3, 0.4) is 0 Å². The topological polar surface area (TPSA) is 47.8 Å². The second kappa shape index (κ2) is 4.42. The van der Waals surface area contributed by atoms with Gasteiger partial charge in [0.25, 0.3) is 0 Å². The molecular formula is C15H14ClN3O. The zero-order chi connectivity index (χ0) is 13.7. The second-order valence-electron chi connectivity index (χ2n) is 5.51. The first-order valence-electron chi connectivity index (χ1n) is 6.93. The minimum atomic E-state index is -0.173. The fourth-order valence-corrected chi connectivity index (χ4v) is 3.08. The molecule has 5 heteroatoms. The van der Waals surface area contributed by atoms with Crippen LogP contribution in [-0.2, 0) is 0 Å². The third kappa shape index (κ3) is 1.86. The van der Waals surface area contributed by atoms with Crippen LogP contribution in [0.2, 0.25) is 0 Å². The number of hydrogen-bond donors (Lipinski definition) is 0. The third-order valence-corrected chi connectivity index (χ3v) is 4.39. The molecule has 0 bridgehead atoms. The molecule has 0 amide bonds. The first-order valence-corrected chi connectivity index (χ1v) is 7.37. The molecule has 0 saturated heterocycles. The minimum absolute atomic E-state index is 0.0718. The summed E-state index contributed by atoms with van der Waals surface area (Å²) in [6.45, 7) is 0. The van der Waals surface area contributed by atoms with Crippen LogP contribution in [-0.4, -0.2) is 20.5 Å². The van der Waals surface area contributed by atoms with Crippen molar-refractivity contribution in [1.29, 1.82) is 0 Å². The van der Waals surface area contributed by atoms with E-state index in [4.69, 9.17) is 11.6 Å². The Morgan fingerprint density at radius 2 is 2.00 bits per heavy atom. The van der Waals surface area contributed by atoms with E-state index in [2.05, 4.69) is 22.2 Å². The van der Waals surface area contributed by atoms with E-state index < -0.39 is 0 Å². The summed E-state index contributed by atoms with van der Waals surface area (Å²) in [6.07, 6.45) is 2.71. The summed E-state index contributed by atoms with van der Waals surface area (Å²) < 4.78 is 1.84. The molecule has 2 heterocycles. The quantitative estimate of drug-likeness (QED) is 0.643. The molecule has 0 N–H and O–H groups in total. The lowest BCUT2D eigenvalue weighted by Gasteiger charge is -2.11. The van der Waals surface area contributed by atoms with Gasteiger partial charge in [-0.3, -0.25) is 4.79 Å². The normalized spacial score (nSPS) is 24.6. The predicted molar refractivity (Wildman–Crippen MR) is 74.9 cm³/mol. The Hall–Kier alpha value is -1.68. The molecule has 4 nitrogen and oxygen atoms in total. The number of Topliss-reactive ketones (excluding diaryl/α,β-unsaturated/α-hetero) is 1. The van der Waals surface area contributed by atoms with Crippen molar-refractivity contribution in [3.05, 3.63) is 47.5 Å². The third-order valence-electron chi connectivity index (χ3n) is 4.02. The number of carbonyl (C=O) groups excluding carboxylic acids is 1. The number of hydrogen-bond acceptors (Lipinski definition) is 3. The van der Waals surface area contributed by atoms with E-state index in [0.29, 0.717) is 5.82 Å². The van der Waals surface area contributed by atoms with Crippen LogP contribution in [0.5, 0.6) is 0 Å². The van der Waals surface area contributed by atoms with Gasteiger partial charge in [0, 0.05) is 5.92 Å². The van der Waals surface area contributed by atoms with Crippen molar-refractivity contribution in [2.75, 3.05) is 0 Å². The number of nitrogens with zero attached hydrogens (tertiary/aromatic N) is 3. The molecule has 2 aliphatic rings. The number of carbonyl (C=O) groups is 1. The van der Waals surface area contributed by atoms with Crippen molar-refractivity contribution in [2.24, 2.45) is 5.92 Å². The summed E-state index contributed by atoms with van der Waals surface area (Å²) in [4.78, 5) is 16.5. The molecule has 2 aromatic rings. The first kappa shape index (κ1) is 12.1. The van der Waals surface area contributed by atoms with Gasteiger partial charge in [0.05, 0.1) is 11.4 Å². The predicted octanol–water partition coefficient (Wildman–Crippen LogP) is 3.14. The van der Waals surface area contributed by atoms with Crippen molar-refractivity contribution < 1.29 is 4.79 Å². The SMILES string of the molecule is O=C(c1nc2n(n1)C(c1ccccc1)CC2Cl)C1CC1. The maximum absolute atomic E-state index is 12.1. The number of halogens is 1. The summed E-state index contributed by atoms with van der Waals surface area (Å²) >= 11 is 6.37. The van der Waals surface area contributed by atoms with Gasteiger partial charge in [-0.15, -0.1) is 16.7 Å². The van der Waals surface area contributed by atoms with Crippen LogP contribution in [0.4, 0.5) is 0 Å². The maximum atomic E-state index is 12.1. The zero-order valence-electron chi connectivity index (χ0n) is 10.9. The molecule has 1 saturated carbocycles. The number of alkyl halides is 1. The summed E-state index contributed by atoms with van der Waals surface area (Å²) in [5.74, 6) is 1.28. The van der Waals surface area contributed by atoms with Gasteiger partial charge in [-0.05, 0) is 24.8 Å². The van der Waals surface area contributed by atoms with E-state index in [1.54, 1.807) is 0 Å². The highest BCUT2D eigenvalue weighted by atomic mass is 35.5. The Balaban J connectivity index is 1.72. The van der Waals surface area contributed by atoms with Crippen LogP contribution >= 0.6 is 11.6 Å².